The van der Waals surface area contributed by atoms with Gasteiger partial charge in [0.25, 0.3) is 5.56 Å². The molecule has 2 aromatic heterocycles. The van der Waals surface area contributed by atoms with Gasteiger partial charge in [-0.2, -0.15) is 13.2 Å². The number of nitrogens with zero attached hydrogens (tertiary/aromatic N) is 2. The minimum atomic E-state index is -4.42. The number of hydrogen-bond acceptors (Lipinski definition) is 3. The predicted octanol–water partition coefficient (Wildman–Crippen LogP) is 4.71. The third-order valence-corrected chi connectivity index (χ3v) is 6.55. The van der Waals surface area contributed by atoms with Crippen LogP contribution >= 0.6 is 0 Å². The summed E-state index contributed by atoms with van der Waals surface area (Å²) in [7, 11) is 0. The molecule has 2 unspecified atom stereocenters. The second-order valence-corrected chi connectivity index (χ2v) is 8.84. The summed E-state index contributed by atoms with van der Waals surface area (Å²) in [6.45, 7) is 1.85. The summed E-state index contributed by atoms with van der Waals surface area (Å²) in [5.41, 5.74) is 0.622. The number of hydrogen-bond donors (Lipinski definition) is 0. The predicted molar refractivity (Wildman–Crippen MR) is 116 cm³/mol. The second kappa shape index (κ2) is 8.24. The summed E-state index contributed by atoms with van der Waals surface area (Å²) in [5.74, 6) is 1.35. The Labute approximate surface area is 188 Å². The van der Waals surface area contributed by atoms with E-state index in [1.807, 2.05) is 15.5 Å². The average molecular weight is 456 g/mol. The van der Waals surface area contributed by atoms with Crippen LogP contribution < -0.4 is 5.56 Å². The summed E-state index contributed by atoms with van der Waals surface area (Å²) in [5, 5.41) is 0. The quantitative estimate of drug-likeness (QED) is 0.572. The normalized spacial score (nSPS) is 19.9. The average Bonchev–Trinajstić information content (AvgIpc) is 3.27. The van der Waals surface area contributed by atoms with Crippen molar-refractivity contribution in [3.63, 3.8) is 0 Å². The molecule has 1 amide bonds. The summed E-state index contributed by atoms with van der Waals surface area (Å²) in [4.78, 5) is 26.9. The van der Waals surface area contributed by atoms with E-state index in [0.29, 0.717) is 43.1 Å². The third kappa shape index (κ3) is 4.34. The first-order valence-electron chi connectivity index (χ1n) is 11.0. The van der Waals surface area contributed by atoms with Crippen LogP contribution in [-0.2, 0) is 23.9 Å². The number of amides is 1. The Hall–Kier alpha value is -3.29. The molecular weight excluding hydrogens is 433 g/mol. The van der Waals surface area contributed by atoms with Gasteiger partial charge in [0.2, 0.25) is 5.91 Å². The van der Waals surface area contributed by atoms with Gasteiger partial charge >= 0.3 is 6.18 Å². The van der Waals surface area contributed by atoms with Crippen LogP contribution in [0.5, 0.6) is 0 Å². The number of rotatable bonds is 4. The van der Waals surface area contributed by atoms with Crippen LogP contribution in [0, 0.1) is 5.92 Å². The highest BCUT2D eigenvalue weighted by Crippen LogP contribution is 2.35. The number of aromatic nitrogens is 1. The van der Waals surface area contributed by atoms with E-state index in [2.05, 4.69) is 0 Å². The molecular formula is C25H23F3N2O3. The van der Waals surface area contributed by atoms with Gasteiger partial charge in [0.05, 0.1) is 5.56 Å². The number of carbonyl (C=O) groups excluding carboxylic acids is 1. The van der Waals surface area contributed by atoms with Crippen LogP contribution in [0.25, 0.3) is 11.3 Å². The molecule has 1 aromatic carbocycles. The zero-order valence-electron chi connectivity index (χ0n) is 17.8. The van der Waals surface area contributed by atoms with Gasteiger partial charge in [-0.05, 0) is 42.7 Å². The molecule has 0 aliphatic carbocycles. The second-order valence-electron chi connectivity index (χ2n) is 8.84. The summed E-state index contributed by atoms with van der Waals surface area (Å²) in [6.07, 6.45) is -2.80. The van der Waals surface area contributed by atoms with E-state index in [9.17, 15) is 22.8 Å². The molecule has 172 valence electrons. The molecule has 5 nitrogen and oxygen atoms in total. The number of piperidine rings is 1. The van der Waals surface area contributed by atoms with E-state index in [1.54, 1.807) is 30.3 Å². The molecule has 2 aliphatic heterocycles. The molecule has 33 heavy (non-hydrogen) atoms. The van der Waals surface area contributed by atoms with E-state index >= 15 is 0 Å². The first-order valence-corrected chi connectivity index (χ1v) is 11.0. The van der Waals surface area contributed by atoms with Crippen molar-refractivity contribution >= 4 is 5.91 Å². The zero-order chi connectivity index (χ0) is 23.2. The Morgan fingerprint density at radius 1 is 1.03 bits per heavy atom. The minimum absolute atomic E-state index is 0.0105. The van der Waals surface area contributed by atoms with Crippen molar-refractivity contribution in [2.75, 3.05) is 13.1 Å². The van der Waals surface area contributed by atoms with Gasteiger partial charge in [-0.1, -0.05) is 18.2 Å². The highest BCUT2D eigenvalue weighted by Gasteiger charge is 2.36. The lowest BCUT2D eigenvalue weighted by molar-refractivity contribution is -0.137. The van der Waals surface area contributed by atoms with Crippen molar-refractivity contribution in [1.82, 2.24) is 9.47 Å². The van der Waals surface area contributed by atoms with Gasteiger partial charge in [-0.15, -0.1) is 0 Å². The lowest BCUT2D eigenvalue weighted by atomic mass is 9.83. The first-order chi connectivity index (χ1) is 15.8. The van der Waals surface area contributed by atoms with Crippen LogP contribution in [0.1, 0.15) is 35.8 Å². The monoisotopic (exact) mass is 456 g/mol. The van der Waals surface area contributed by atoms with Crippen molar-refractivity contribution in [1.29, 1.82) is 0 Å². The van der Waals surface area contributed by atoms with Gasteiger partial charge in [0.1, 0.15) is 11.5 Å². The number of alkyl halides is 3. The summed E-state index contributed by atoms with van der Waals surface area (Å²) in [6, 6.07) is 13.7. The molecule has 2 atom stereocenters. The number of carbonyl (C=O) groups is 1. The Morgan fingerprint density at radius 2 is 1.85 bits per heavy atom. The maximum Gasteiger partial charge on any atom is 0.416 e. The fraction of sp³-hybridized carbons (Fsp3) is 0.360. The molecule has 0 radical (unpaired) electrons. The largest absolute Gasteiger partial charge is 0.461 e. The van der Waals surface area contributed by atoms with E-state index in [1.165, 1.54) is 6.07 Å². The summed E-state index contributed by atoms with van der Waals surface area (Å²) >= 11 is 0. The minimum Gasteiger partial charge on any atom is -0.461 e. The molecule has 2 aliphatic rings. The molecule has 2 bridgehead atoms. The Balaban J connectivity index is 1.23. The van der Waals surface area contributed by atoms with Gasteiger partial charge in [-0.3, -0.25) is 9.59 Å². The Morgan fingerprint density at radius 3 is 2.67 bits per heavy atom. The van der Waals surface area contributed by atoms with Crippen molar-refractivity contribution < 1.29 is 22.4 Å². The number of furan rings is 1. The molecule has 8 heteroatoms. The zero-order valence-corrected chi connectivity index (χ0v) is 17.8. The molecule has 5 rings (SSSR count). The number of pyridine rings is 1. The number of fused-ring (bicyclic) bond motifs is 4. The number of halogens is 3. The number of benzene rings is 1. The maximum absolute atomic E-state index is 13.0. The van der Waals surface area contributed by atoms with Crippen molar-refractivity contribution in [3.05, 3.63) is 82.0 Å². The van der Waals surface area contributed by atoms with E-state index in [4.69, 9.17) is 4.42 Å². The first kappa shape index (κ1) is 21.6. The Bertz CT molecular complexity index is 1240. The third-order valence-electron chi connectivity index (χ3n) is 6.55. The molecule has 3 aromatic rings. The number of aryl methyl sites for hydroxylation is 1. The van der Waals surface area contributed by atoms with E-state index < -0.39 is 11.7 Å². The summed E-state index contributed by atoms with van der Waals surface area (Å²) < 4.78 is 46.5. The van der Waals surface area contributed by atoms with E-state index in [-0.39, 0.29) is 29.7 Å². The molecule has 0 spiro atoms. The molecule has 0 N–H and O–H groups in total. The molecule has 4 heterocycles. The van der Waals surface area contributed by atoms with Gasteiger partial charge in [0.15, 0.2) is 0 Å². The van der Waals surface area contributed by atoms with Crippen molar-refractivity contribution in [2.45, 2.75) is 37.9 Å². The van der Waals surface area contributed by atoms with E-state index in [0.717, 1.165) is 24.2 Å². The van der Waals surface area contributed by atoms with Gasteiger partial charge in [0, 0.05) is 55.7 Å². The number of likely N-dealkylation sites (tertiary alicyclic amines) is 1. The standard InChI is InChI=1S/C25H23F3N2O3/c26-25(27,28)19-4-1-3-17(12-19)22-9-7-20(33-22)8-10-23(31)29-13-16-11-18(15-29)21-5-2-6-24(32)30(21)14-16/h1-7,9,12,16,18H,8,10-11,13-15H2. The fourth-order valence-corrected chi connectivity index (χ4v) is 5.00. The highest BCUT2D eigenvalue weighted by molar-refractivity contribution is 5.76. The lowest BCUT2D eigenvalue weighted by Crippen LogP contribution is -2.49. The molecule has 0 saturated carbocycles. The Kier molecular flexibility index (Phi) is 5.38. The smallest absolute Gasteiger partial charge is 0.416 e. The van der Waals surface area contributed by atoms with Crippen LogP contribution in [-0.4, -0.2) is 28.5 Å². The van der Waals surface area contributed by atoms with Crippen molar-refractivity contribution in [2.24, 2.45) is 5.92 Å². The molecule has 1 fully saturated rings. The highest BCUT2D eigenvalue weighted by atomic mass is 19.4. The SMILES string of the molecule is O=C(CCc1ccc(-c2cccc(C(F)(F)F)c2)o1)N1CC2CC(C1)c1cccc(=O)n1C2. The molecule has 1 saturated heterocycles. The maximum atomic E-state index is 13.0. The van der Waals surface area contributed by atoms with Crippen molar-refractivity contribution in [3.8, 4) is 11.3 Å². The van der Waals surface area contributed by atoms with Crippen LogP contribution in [0.4, 0.5) is 13.2 Å². The van der Waals surface area contributed by atoms with Crippen LogP contribution in [0.2, 0.25) is 0 Å². The van der Waals surface area contributed by atoms with Gasteiger partial charge in [-0.25, -0.2) is 0 Å². The van der Waals surface area contributed by atoms with Crippen LogP contribution in [0.15, 0.2) is 63.8 Å². The van der Waals surface area contributed by atoms with Gasteiger partial charge < -0.3 is 13.9 Å². The topological polar surface area (TPSA) is 55.5 Å². The van der Waals surface area contributed by atoms with Crippen LogP contribution in [0.3, 0.4) is 0 Å². The lowest BCUT2D eigenvalue weighted by Gasteiger charge is -2.42. The fourth-order valence-electron chi connectivity index (χ4n) is 5.00.